The maximum atomic E-state index is 12.1. The first-order valence-corrected chi connectivity index (χ1v) is 6.85. The van der Waals surface area contributed by atoms with E-state index < -0.39 is 5.97 Å². The number of hydrogen-bond acceptors (Lipinski definition) is 3. The highest BCUT2D eigenvalue weighted by molar-refractivity contribution is 5.76. The smallest absolute Gasteiger partial charge is 0.320 e. The summed E-state index contributed by atoms with van der Waals surface area (Å²) >= 11 is 0. The van der Waals surface area contributed by atoms with Crippen LogP contribution in [0.3, 0.4) is 0 Å². The molecule has 1 aliphatic heterocycles. The molecule has 1 heterocycles. The van der Waals surface area contributed by atoms with Gasteiger partial charge >= 0.3 is 12.0 Å². The fourth-order valence-electron chi connectivity index (χ4n) is 2.09. The van der Waals surface area contributed by atoms with E-state index in [1.165, 1.54) is 0 Å². The van der Waals surface area contributed by atoms with E-state index in [1.54, 1.807) is 16.7 Å². The van der Waals surface area contributed by atoms with Gasteiger partial charge in [0.05, 0.1) is 12.5 Å². The minimum absolute atomic E-state index is 0.0176. The van der Waals surface area contributed by atoms with E-state index in [0.29, 0.717) is 39.4 Å². The number of aliphatic carboxylic acids is 1. The third kappa shape index (κ3) is 4.09. The molecule has 0 aromatic heterocycles. The second-order valence-corrected chi connectivity index (χ2v) is 4.85. The van der Waals surface area contributed by atoms with Crippen molar-refractivity contribution in [2.24, 2.45) is 11.8 Å². The molecule has 1 fully saturated rings. The van der Waals surface area contributed by atoms with E-state index in [-0.39, 0.29) is 17.9 Å². The molecule has 1 rings (SSSR count). The Balaban J connectivity index is 2.36. The fraction of sp³-hybridized carbons (Fsp3) is 0.846. The molecular weight excluding hydrogens is 248 g/mol. The van der Waals surface area contributed by atoms with E-state index >= 15 is 0 Å². The average molecular weight is 272 g/mol. The number of rotatable bonds is 7. The molecule has 1 N–H and O–H groups in total. The first kappa shape index (κ1) is 15.8. The van der Waals surface area contributed by atoms with Crippen LogP contribution >= 0.6 is 0 Å². The molecule has 6 heteroatoms. The molecule has 1 unspecified atom stereocenters. The SMILES string of the molecule is CCOCCN(CC)C(=O)N1CC(C(C)C(=O)O)C1. The molecule has 19 heavy (non-hydrogen) atoms. The molecule has 0 spiro atoms. The van der Waals surface area contributed by atoms with E-state index in [2.05, 4.69) is 0 Å². The van der Waals surface area contributed by atoms with Gasteiger partial charge in [0.2, 0.25) is 0 Å². The van der Waals surface area contributed by atoms with Crippen LogP contribution in [0.1, 0.15) is 20.8 Å². The largest absolute Gasteiger partial charge is 0.481 e. The minimum Gasteiger partial charge on any atom is -0.481 e. The van der Waals surface area contributed by atoms with Gasteiger partial charge in [-0.05, 0) is 13.8 Å². The maximum absolute atomic E-state index is 12.1. The van der Waals surface area contributed by atoms with Gasteiger partial charge in [-0.15, -0.1) is 0 Å². The number of carboxylic acid groups (broad SMARTS) is 1. The molecule has 0 aliphatic carbocycles. The fourth-order valence-corrected chi connectivity index (χ4v) is 2.09. The van der Waals surface area contributed by atoms with Gasteiger partial charge in [-0.25, -0.2) is 4.79 Å². The predicted octanol–water partition coefficient (Wildman–Crippen LogP) is 1.12. The topological polar surface area (TPSA) is 70.1 Å². The zero-order valence-electron chi connectivity index (χ0n) is 12.0. The molecule has 2 amide bonds. The number of carbonyl (C=O) groups is 2. The summed E-state index contributed by atoms with van der Waals surface area (Å²) in [6.07, 6.45) is 0. The molecule has 110 valence electrons. The van der Waals surface area contributed by atoms with Gasteiger partial charge < -0.3 is 19.6 Å². The van der Waals surface area contributed by atoms with Gasteiger partial charge in [0.25, 0.3) is 0 Å². The van der Waals surface area contributed by atoms with Gasteiger partial charge in [0, 0.05) is 38.7 Å². The van der Waals surface area contributed by atoms with Gasteiger partial charge in [-0.3, -0.25) is 4.79 Å². The third-order valence-corrected chi connectivity index (χ3v) is 3.64. The van der Waals surface area contributed by atoms with E-state index in [4.69, 9.17) is 9.84 Å². The normalized spacial score (nSPS) is 16.9. The summed E-state index contributed by atoms with van der Waals surface area (Å²) in [6, 6.07) is -0.0176. The Morgan fingerprint density at radius 2 is 2.05 bits per heavy atom. The number of hydrogen-bond donors (Lipinski definition) is 1. The van der Waals surface area contributed by atoms with Crippen molar-refractivity contribution in [3.63, 3.8) is 0 Å². The summed E-state index contributed by atoms with van der Waals surface area (Å²) < 4.78 is 5.25. The number of carboxylic acids is 1. The molecule has 0 radical (unpaired) electrons. The zero-order chi connectivity index (χ0) is 14.4. The molecule has 0 aromatic rings. The van der Waals surface area contributed by atoms with Crippen molar-refractivity contribution in [1.29, 1.82) is 0 Å². The van der Waals surface area contributed by atoms with Crippen molar-refractivity contribution in [1.82, 2.24) is 9.80 Å². The summed E-state index contributed by atoms with van der Waals surface area (Å²) in [5.41, 5.74) is 0. The third-order valence-electron chi connectivity index (χ3n) is 3.64. The zero-order valence-corrected chi connectivity index (χ0v) is 12.0. The lowest BCUT2D eigenvalue weighted by Crippen LogP contribution is -2.57. The Kier molecular flexibility index (Phi) is 6.08. The molecule has 0 aromatic carbocycles. The second kappa shape index (κ2) is 7.33. The van der Waals surface area contributed by atoms with E-state index in [9.17, 15) is 9.59 Å². The number of urea groups is 1. The minimum atomic E-state index is -0.791. The molecular formula is C13H24N2O4. The number of likely N-dealkylation sites (tertiary alicyclic amines) is 1. The molecule has 0 saturated carbocycles. The monoisotopic (exact) mass is 272 g/mol. The Labute approximate surface area is 114 Å². The Hall–Kier alpha value is -1.30. The maximum Gasteiger partial charge on any atom is 0.320 e. The molecule has 1 atom stereocenters. The predicted molar refractivity (Wildman–Crippen MR) is 71.0 cm³/mol. The van der Waals surface area contributed by atoms with E-state index in [1.807, 2.05) is 13.8 Å². The number of amides is 2. The Bertz CT molecular complexity index is 316. The molecule has 1 aliphatic rings. The van der Waals surface area contributed by atoms with Crippen LogP contribution in [0.5, 0.6) is 0 Å². The van der Waals surface area contributed by atoms with Crippen molar-refractivity contribution in [2.75, 3.05) is 39.4 Å². The number of likely N-dealkylation sites (N-methyl/N-ethyl adjacent to an activating group) is 1. The van der Waals surface area contributed by atoms with Crippen LogP contribution < -0.4 is 0 Å². The highest BCUT2D eigenvalue weighted by atomic mass is 16.5. The molecule has 0 bridgehead atoms. The first-order valence-electron chi connectivity index (χ1n) is 6.85. The molecule has 1 saturated heterocycles. The second-order valence-electron chi connectivity index (χ2n) is 4.85. The van der Waals surface area contributed by atoms with Crippen molar-refractivity contribution < 1.29 is 19.4 Å². The van der Waals surface area contributed by atoms with Crippen LogP contribution in [0.15, 0.2) is 0 Å². The average Bonchev–Trinajstić information content (AvgIpc) is 2.32. The van der Waals surface area contributed by atoms with Crippen molar-refractivity contribution in [3.05, 3.63) is 0 Å². The van der Waals surface area contributed by atoms with Gasteiger partial charge in [-0.2, -0.15) is 0 Å². The number of ether oxygens (including phenoxy) is 1. The summed E-state index contributed by atoms with van der Waals surface area (Å²) in [6.45, 7) is 9.04. The van der Waals surface area contributed by atoms with Crippen LogP contribution in [-0.4, -0.2) is 66.3 Å². The molecule has 6 nitrogen and oxygen atoms in total. The van der Waals surface area contributed by atoms with Crippen LogP contribution in [0.2, 0.25) is 0 Å². The lowest BCUT2D eigenvalue weighted by Gasteiger charge is -2.43. The summed E-state index contributed by atoms with van der Waals surface area (Å²) in [4.78, 5) is 26.4. The Morgan fingerprint density at radius 3 is 2.53 bits per heavy atom. The van der Waals surface area contributed by atoms with Crippen LogP contribution in [0, 0.1) is 11.8 Å². The summed E-state index contributed by atoms with van der Waals surface area (Å²) in [5, 5.41) is 8.91. The van der Waals surface area contributed by atoms with Crippen molar-refractivity contribution in [3.8, 4) is 0 Å². The van der Waals surface area contributed by atoms with E-state index in [0.717, 1.165) is 0 Å². The van der Waals surface area contributed by atoms with Crippen molar-refractivity contribution >= 4 is 12.0 Å². The van der Waals surface area contributed by atoms with Gasteiger partial charge in [0.1, 0.15) is 0 Å². The van der Waals surface area contributed by atoms with Crippen LogP contribution in [0.4, 0.5) is 4.79 Å². The van der Waals surface area contributed by atoms with Crippen molar-refractivity contribution in [2.45, 2.75) is 20.8 Å². The number of nitrogens with zero attached hydrogens (tertiary/aromatic N) is 2. The lowest BCUT2D eigenvalue weighted by atomic mass is 9.87. The van der Waals surface area contributed by atoms with Gasteiger partial charge in [0.15, 0.2) is 0 Å². The van der Waals surface area contributed by atoms with Crippen LogP contribution in [0.25, 0.3) is 0 Å². The first-order chi connectivity index (χ1) is 9.01. The van der Waals surface area contributed by atoms with Gasteiger partial charge in [-0.1, -0.05) is 6.92 Å². The number of carbonyl (C=O) groups excluding carboxylic acids is 1. The summed E-state index contributed by atoms with van der Waals surface area (Å²) in [7, 11) is 0. The summed E-state index contributed by atoms with van der Waals surface area (Å²) in [5.74, 6) is -1.10. The highest BCUT2D eigenvalue weighted by Crippen LogP contribution is 2.25. The Morgan fingerprint density at radius 1 is 1.42 bits per heavy atom. The van der Waals surface area contributed by atoms with Crippen LogP contribution in [-0.2, 0) is 9.53 Å². The quantitative estimate of drug-likeness (QED) is 0.705. The lowest BCUT2D eigenvalue weighted by molar-refractivity contribution is -0.144. The highest BCUT2D eigenvalue weighted by Gasteiger charge is 2.38. The standard InChI is InChI=1S/C13H24N2O4/c1-4-14(6-7-19-5-2)13(18)15-8-11(9-15)10(3)12(16)17/h10-11H,4-9H2,1-3H3,(H,16,17).